The molecule has 0 aliphatic heterocycles. The molecule has 0 aliphatic rings. The molecular formula is C16H10F3N3O2. The molecule has 0 radical (unpaired) electrons. The van der Waals surface area contributed by atoms with Crippen LogP contribution in [0.15, 0.2) is 47.2 Å². The molecule has 0 atom stereocenters. The highest BCUT2D eigenvalue weighted by atomic mass is 19.4. The van der Waals surface area contributed by atoms with Gasteiger partial charge in [0.1, 0.15) is 0 Å². The Kier molecular flexibility index (Phi) is 3.88. The third-order valence-electron chi connectivity index (χ3n) is 3.21. The van der Waals surface area contributed by atoms with Crippen molar-refractivity contribution in [3.63, 3.8) is 0 Å². The number of carbonyl (C=O) groups excluding carboxylic acids is 1. The number of aromatic nitrogens is 3. The second kappa shape index (κ2) is 5.88. The van der Waals surface area contributed by atoms with E-state index in [1.165, 1.54) is 30.5 Å². The van der Waals surface area contributed by atoms with E-state index in [1.54, 1.807) is 12.3 Å². The number of halogens is 3. The first-order chi connectivity index (χ1) is 11.3. The highest BCUT2D eigenvalue weighted by Gasteiger charge is 2.38. The van der Waals surface area contributed by atoms with Gasteiger partial charge in [-0.3, -0.25) is 9.78 Å². The molecule has 0 saturated carbocycles. The number of benzene rings is 1. The summed E-state index contributed by atoms with van der Waals surface area (Å²) in [5, 5.41) is 3.30. The predicted molar refractivity (Wildman–Crippen MR) is 77.1 cm³/mol. The number of carbonyl (C=O) groups is 1. The summed E-state index contributed by atoms with van der Waals surface area (Å²) in [6, 6.07) is 7.61. The normalized spacial score (nSPS) is 11.5. The second-order valence-electron chi connectivity index (χ2n) is 5.08. The van der Waals surface area contributed by atoms with Crippen LogP contribution in [0.4, 0.5) is 13.2 Å². The molecule has 5 nitrogen and oxygen atoms in total. The highest BCUT2D eigenvalue weighted by molar-refractivity contribution is 6.09. The van der Waals surface area contributed by atoms with Gasteiger partial charge in [0, 0.05) is 29.1 Å². The van der Waals surface area contributed by atoms with E-state index in [0.717, 1.165) is 5.56 Å². The monoisotopic (exact) mass is 333 g/mol. The van der Waals surface area contributed by atoms with Gasteiger partial charge in [0.2, 0.25) is 5.82 Å². The lowest BCUT2D eigenvalue weighted by Gasteiger charge is -2.02. The number of ketones is 1. The van der Waals surface area contributed by atoms with Crippen molar-refractivity contribution < 1.29 is 22.5 Å². The average molecular weight is 333 g/mol. The standard InChI is InChI=1S/C16H10F3N3O2/c1-9-6-12(8-20-7-9)13(23)10-2-4-11(5-3-10)14-21-15(24-22-14)16(17,18)19/h2-8H,1H3. The largest absolute Gasteiger partial charge is 0.471 e. The Hall–Kier alpha value is -3.03. The maximum absolute atomic E-state index is 12.5. The van der Waals surface area contributed by atoms with Crippen LogP contribution in [0, 0.1) is 6.92 Å². The van der Waals surface area contributed by atoms with Crippen LogP contribution in [0.2, 0.25) is 0 Å². The van der Waals surface area contributed by atoms with Crippen molar-refractivity contribution in [3.8, 4) is 11.4 Å². The molecule has 2 aromatic heterocycles. The maximum atomic E-state index is 12.5. The molecule has 0 N–H and O–H groups in total. The predicted octanol–water partition coefficient (Wildman–Crippen LogP) is 3.69. The van der Waals surface area contributed by atoms with Gasteiger partial charge in [-0.05, 0) is 18.6 Å². The first kappa shape index (κ1) is 15.9. The van der Waals surface area contributed by atoms with Crippen LogP contribution in [-0.4, -0.2) is 20.9 Å². The van der Waals surface area contributed by atoms with E-state index in [2.05, 4.69) is 19.6 Å². The van der Waals surface area contributed by atoms with E-state index in [0.29, 0.717) is 16.7 Å². The number of alkyl halides is 3. The topological polar surface area (TPSA) is 68.9 Å². The van der Waals surface area contributed by atoms with E-state index in [4.69, 9.17) is 0 Å². The van der Waals surface area contributed by atoms with E-state index in [9.17, 15) is 18.0 Å². The Morgan fingerprint density at radius 1 is 1.08 bits per heavy atom. The van der Waals surface area contributed by atoms with Gasteiger partial charge in [-0.25, -0.2) is 0 Å². The minimum Gasteiger partial charge on any atom is -0.329 e. The zero-order valence-corrected chi connectivity index (χ0v) is 12.3. The van der Waals surface area contributed by atoms with Gasteiger partial charge in [0.05, 0.1) is 0 Å². The molecule has 3 aromatic rings. The van der Waals surface area contributed by atoms with Crippen LogP contribution in [-0.2, 0) is 6.18 Å². The van der Waals surface area contributed by atoms with E-state index in [1.807, 2.05) is 6.92 Å². The molecule has 0 fully saturated rings. The van der Waals surface area contributed by atoms with Crippen LogP contribution >= 0.6 is 0 Å². The zero-order valence-electron chi connectivity index (χ0n) is 12.3. The van der Waals surface area contributed by atoms with Gasteiger partial charge in [0.15, 0.2) is 5.78 Å². The molecular weight excluding hydrogens is 323 g/mol. The fourth-order valence-electron chi connectivity index (χ4n) is 2.07. The van der Waals surface area contributed by atoms with Crippen LogP contribution in [0.3, 0.4) is 0 Å². The molecule has 122 valence electrons. The lowest BCUT2D eigenvalue weighted by molar-refractivity contribution is -0.159. The minimum atomic E-state index is -4.70. The van der Waals surface area contributed by atoms with Crippen LogP contribution in [0.25, 0.3) is 11.4 Å². The molecule has 1 aromatic carbocycles. The summed E-state index contributed by atoms with van der Waals surface area (Å²) in [6.45, 7) is 1.82. The highest BCUT2D eigenvalue weighted by Crippen LogP contribution is 2.29. The van der Waals surface area contributed by atoms with Crippen molar-refractivity contribution in [1.82, 2.24) is 15.1 Å². The van der Waals surface area contributed by atoms with E-state index in [-0.39, 0.29) is 11.6 Å². The fraction of sp³-hybridized carbons (Fsp3) is 0.125. The summed E-state index contributed by atoms with van der Waals surface area (Å²) < 4.78 is 41.6. The van der Waals surface area contributed by atoms with Crippen molar-refractivity contribution >= 4 is 5.78 Å². The molecule has 0 amide bonds. The summed E-state index contributed by atoms with van der Waals surface area (Å²) in [5.41, 5.74) is 1.98. The summed E-state index contributed by atoms with van der Waals surface area (Å²) in [6.07, 6.45) is -1.61. The van der Waals surface area contributed by atoms with Gasteiger partial charge in [-0.1, -0.05) is 29.4 Å². The molecule has 2 heterocycles. The van der Waals surface area contributed by atoms with Crippen molar-refractivity contribution in [3.05, 3.63) is 65.3 Å². The zero-order chi connectivity index (χ0) is 17.3. The summed E-state index contributed by atoms with van der Waals surface area (Å²) in [7, 11) is 0. The molecule has 3 rings (SSSR count). The number of hydrogen-bond donors (Lipinski definition) is 0. The molecule has 0 aliphatic carbocycles. The van der Waals surface area contributed by atoms with Gasteiger partial charge < -0.3 is 4.52 Å². The molecule has 24 heavy (non-hydrogen) atoms. The Morgan fingerprint density at radius 2 is 1.79 bits per heavy atom. The summed E-state index contributed by atoms with van der Waals surface area (Å²) in [4.78, 5) is 19.6. The maximum Gasteiger partial charge on any atom is 0.471 e. The average Bonchev–Trinajstić information content (AvgIpc) is 3.04. The second-order valence-corrected chi connectivity index (χ2v) is 5.08. The van der Waals surface area contributed by atoms with Crippen LogP contribution in [0.5, 0.6) is 0 Å². The number of pyridine rings is 1. The van der Waals surface area contributed by atoms with Crippen molar-refractivity contribution in [2.24, 2.45) is 0 Å². The van der Waals surface area contributed by atoms with Gasteiger partial charge >= 0.3 is 12.1 Å². The van der Waals surface area contributed by atoms with Crippen molar-refractivity contribution in [2.45, 2.75) is 13.1 Å². The molecule has 0 bridgehead atoms. The Morgan fingerprint density at radius 3 is 2.38 bits per heavy atom. The SMILES string of the molecule is Cc1cncc(C(=O)c2ccc(-c3noc(C(F)(F)F)n3)cc2)c1. The molecule has 0 unspecified atom stereocenters. The smallest absolute Gasteiger partial charge is 0.329 e. The van der Waals surface area contributed by atoms with E-state index < -0.39 is 12.1 Å². The number of hydrogen-bond acceptors (Lipinski definition) is 5. The number of nitrogens with zero attached hydrogens (tertiary/aromatic N) is 3. The first-order valence-electron chi connectivity index (χ1n) is 6.82. The Bertz CT molecular complexity index is 886. The third-order valence-corrected chi connectivity index (χ3v) is 3.21. The minimum absolute atomic E-state index is 0.196. The van der Waals surface area contributed by atoms with Crippen molar-refractivity contribution in [1.29, 1.82) is 0 Å². The lowest BCUT2D eigenvalue weighted by Crippen LogP contribution is -2.05. The van der Waals surface area contributed by atoms with Crippen LogP contribution in [0.1, 0.15) is 27.4 Å². The molecule has 0 spiro atoms. The van der Waals surface area contributed by atoms with Gasteiger partial charge in [0.25, 0.3) is 0 Å². The lowest BCUT2D eigenvalue weighted by atomic mass is 10.0. The molecule has 0 saturated heterocycles. The number of rotatable bonds is 3. The fourth-order valence-corrected chi connectivity index (χ4v) is 2.07. The first-order valence-corrected chi connectivity index (χ1v) is 6.82. The van der Waals surface area contributed by atoms with Gasteiger partial charge in [-0.15, -0.1) is 0 Å². The van der Waals surface area contributed by atoms with Crippen LogP contribution < -0.4 is 0 Å². The van der Waals surface area contributed by atoms with Gasteiger partial charge in [-0.2, -0.15) is 18.2 Å². The summed E-state index contributed by atoms with van der Waals surface area (Å²) in [5.74, 6) is -1.84. The Labute approximate surface area is 134 Å². The third kappa shape index (κ3) is 3.17. The van der Waals surface area contributed by atoms with Crippen molar-refractivity contribution in [2.75, 3.05) is 0 Å². The summed E-state index contributed by atoms with van der Waals surface area (Å²) >= 11 is 0. The Balaban J connectivity index is 1.85. The van der Waals surface area contributed by atoms with E-state index >= 15 is 0 Å². The number of aryl methyl sites for hydroxylation is 1. The molecule has 8 heteroatoms. The quantitative estimate of drug-likeness (QED) is 0.684.